The molecule has 1 aliphatic carbocycles. The first kappa shape index (κ1) is 16.8. The van der Waals surface area contributed by atoms with Crippen LogP contribution in [0.15, 0.2) is 24.4 Å². The molecule has 0 saturated heterocycles. The molecule has 0 aromatic carbocycles. The highest BCUT2D eigenvalue weighted by molar-refractivity contribution is 5.79. The number of allylic oxidation sites excluding steroid dienone is 2. The van der Waals surface area contributed by atoms with Gasteiger partial charge in [-0.25, -0.2) is 0 Å². The van der Waals surface area contributed by atoms with E-state index in [1.807, 2.05) is 6.20 Å². The smallest absolute Gasteiger partial charge is 0.133 e. The molecule has 0 amide bonds. The van der Waals surface area contributed by atoms with Crippen molar-refractivity contribution in [3.8, 4) is 0 Å². The van der Waals surface area contributed by atoms with Gasteiger partial charge in [-0.3, -0.25) is 4.79 Å². The van der Waals surface area contributed by atoms with Crippen LogP contribution in [-0.4, -0.2) is 10.8 Å². The molecule has 1 saturated carbocycles. The van der Waals surface area contributed by atoms with E-state index in [9.17, 15) is 4.79 Å². The summed E-state index contributed by atoms with van der Waals surface area (Å²) in [5.74, 6) is 0.640. The first-order valence-corrected chi connectivity index (χ1v) is 8.52. The molecule has 1 aromatic heterocycles. The third kappa shape index (κ3) is 3.60. The predicted octanol–water partition coefficient (Wildman–Crippen LogP) is 3.72. The molecule has 1 unspecified atom stereocenters. The number of aromatic nitrogens is 1. The molecule has 0 bridgehead atoms. The van der Waals surface area contributed by atoms with E-state index in [0.717, 1.165) is 31.0 Å². The number of hydrogen-bond donors (Lipinski definition) is 1. The number of Topliss-reactive ketones (excluding diaryl/α,β-unsaturated/α-hetero) is 1. The number of aromatic amines is 1. The summed E-state index contributed by atoms with van der Waals surface area (Å²) in [6.45, 7) is 10.1. The lowest BCUT2D eigenvalue weighted by Crippen LogP contribution is -2.25. The topological polar surface area (TPSA) is 32.9 Å². The third-order valence-electron chi connectivity index (χ3n) is 5.14. The maximum atomic E-state index is 12.0. The van der Waals surface area contributed by atoms with E-state index < -0.39 is 0 Å². The summed E-state index contributed by atoms with van der Waals surface area (Å²) in [6, 6.07) is 2.10. The molecule has 1 aliphatic rings. The van der Waals surface area contributed by atoms with E-state index in [-0.39, 0.29) is 11.3 Å². The highest BCUT2D eigenvalue weighted by atomic mass is 16.1. The van der Waals surface area contributed by atoms with Gasteiger partial charge in [-0.1, -0.05) is 32.1 Å². The van der Waals surface area contributed by atoms with Crippen molar-refractivity contribution in [2.45, 2.75) is 59.3 Å². The third-order valence-corrected chi connectivity index (χ3v) is 5.14. The molecule has 1 N–H and O–H groups in total. The molecule has 0 radical (unpaired) electrons. The molecule has 1 atom stereocenters. The van der Waals surface area contributed by atoms with Crippen LogP contribution in [0.5, 0.6) is 0 Å². The molecule has 0 aliphatic heterocycles. The van der Waals surface area contributed by atoms with Crippen LogP contribution in [0.3, 0.4) is 0 Å². The van der Waals surface area contributed by atoms with Gasteiger partial charge in [0.05, 0.1) is 0 Å². The fourth-order valence-corrected chi connectivity index (χ4v) is 3.76. The van der Waals surface area contributed by atoms with E-state index in [2.05, 4.69) is 43.6 Å². The number of H-pyrrole nitrogens is 1. The zero-order valence-electron chi connectivity index (χ0n) is 14.2. The van der Waals surface area contributed by atoms with Gasteiger partial charge in [0.15, 0.2) is 0 Å². The standard InChI is InChI=1S/C20H29NO/c1-5-7-17(18-10-14-21-15(18)3)9-11-20(12-13-20)19(8-6-2)16(4)22/h5,7,10,14,19,21H,3,6,8-9,11-13H2,1-2,4H3/b7-5-,18-17+. The number of carbonyl (C=O) groups is 1. The van der Waals surface area contributed by atoms with Gasteiger partial charge in [-0.15, -0.1) is 0 Å². The highest BCUT2D eigenvalue weighted by Crippen LogP contribution is 2.57. The maximum Gasteiger partial charge on any atom is 0.133 e. The van der Waals surface area contributed by atoms with Crippen LogP contribution in [0.4, 0.5) is 0 Å². The zero-order valence-corrected chi connectivity index (χ0v) is 14.2. The summed E-state index contributed by atoms with van der Waals surface area (Å²) in [5.41, 5.74) is 1.60. The Labute approximate surface area is 134 Å². The quantitative estimate of drug-likeness (QED) is 0.779. The monoisotopic (exact) mass is 299 g/mol. The van der Waals surface area contributed by atoms with Crippen molar-refractivity contribution < 1.29 is 4.79 Å². The number of rotatable bonds is 8. The SMILES string of the molecule is C=c1[nH]cc/c1=C(/C=C\C)CCC1(C(CCC)C(C)=O)CC1. The first-order valence-electron chi connectivity index (χ1n) is 8.52. The van der Waals surface area contributed by atoms with Crippen LogP contribution in [0.1, 0.15) is 59.3 Å². The average Bonchev–Trinajstić information content (AvgIpc) is 3.15. The Bertz CT molecular complexity index is 645. The fourth-order valence-electron chi connectivity index (χ4n) is 3.76. The second kappa shape index (κ2) is 7.13. The minimum absolute atomic E-state index is 0.259. The highest BCUT2D eigenvalue weighted by Gasteiger charge is 2.49. The molecular formula is C20H29NO. The summed E-state index contributed by atoms with van der Waals surface area (Å²) in [5, 5.41) is 2.19. The lowest BCUT2D eigenvalue weighted by Gasteiger charge is -2.24. The Morgan fingerprint density at radius 3 is 2.68 bits per heavy atom. The Kier molecular flexibility index (Phi) is 5.44. The van der Waals surface area contributed by atoms with Crippen molar-refractivity contribution in [1.82, 2.24) is 4.98 Å². The van der Waals surface area contributed by atoms with Gasteiger partial charge in [-0.05, 0) is 63.0 Å². The van der Waals surface area contributed by atoms with Crippen molar-refractivity contribution in [2.75, 3.05) is 0 Å². The predicted molar refractivity (Wildman–Crippen MR) is 93.8 cm³/mol. The number of hydrogen-bond acceptors (Lipinski definition) is 1. The van der Waals surface area contributed by atoms with E-state index in [4.69, 9.17) is 0 Å². The molecule has 2 heteroatoms. The van der Waals surface area contributed by atoms with Crippen LogP contribution in [0, 0.1) is 11.3 Å². The Hall–Kier alpha value is -1.57. The van der Waals surface area contributed by atoms with E-state index in [1.54, 1.807) is 6.92 Å². The van der Waals surface area contributed by atoms with Gasteiger partial charge < -0.3 is 4.98 Å². The van der Waals surface area contributed by atoms with Crippen LogP contribution < -0.4 is 10.6 Å². The van der Waals surface area contributed by atoms with Crippen LogP contribution in [0.25, 0.3) is 12.2 Å². The second-order valence-electron chi connectivity index (χ2n) is 6.71. The lowest BCUT2D eigenvalue weighted by molar-refractivity contribution is -0.123. The van der Waals surface area contributed by atoms with Crippen LogP contribution in [0.2, 0.25) is 0 Å². The maximum absolute atomic E-state index is 12.0. The molecule has 120 valence electrons. The van der Waals surface area contributed by atoms with Gasteiger partial charge in [0, 0.05) is 22.7 Å². The van der Waals surface area contributed by atoms with Crippen LogP contribution >= 0.6 is 0 Å². The first-order chi connectivity index (χ1) is 10.5. The second-order valence-corrected chi connectivity index (χ2v) is 6.71. The summed E-state index contributed by atoms with van der Waals surface area (Å²) in [6.07, 6.45) is 12.9. The molecule has 2 rings (SSSR count). The lowest BCUT2D eigenvalue weighted by atomic mass is 9.79. The molecule has 1 fully saturated rings. The normalized spacial score (nSPS) is 19.2. The molecule has 2 nitrogen and oxygen atoms in total. The van der Waals surface area contributed by atoms with E-state index >= 15 is 0 Å². The Morgan fingerprint density at radius 1 is 1.50 bits per heavy atom. The van der Waals surface area contributed by atoms with Crippen molar-refractivity contribution in [1.29, 1.82) is 0 Å². The summed E-state index contributed by atoms with van der Waals surface area (Å²) >= 11 is 0. The molecule has 1 aromatic rings. The summed E-state index contributed by atoms with van der Waals surface area (Å²) in [7, 11) is 0. The summed E-state index contributed by atoms with van der Waals surface area (Å²) in [4.78, 5) is 15.2. The minimum Gasteiger partial charge on any atom is -0.362 e. The van der Waals surface area contributed by atoms with E-state index in [1.165, 1.54) is 23.6 Å². The molecule has 0 spiro atoms. The van der Waals surface area contributed by atoms with Gasteiger partial charge in [0.25, 0.3) is 0 Å². The van der Waals surface area contributed by atoms with Crippen molar-refractivity contribution in [2.24, 2.45) is 11.3 Å². The van der Waals surface area contributed by atoms with E-state index in [0.29, 0.717) is 5.78 Å². The zero-order chi connectivity index (χ0) is 16.2. The largest absolute Gasteiger partial charge is 0.362 e. The Balaban J connectivity index is 2.19. The molecule has 22 heavy (non-hydrogen) atoms. The average molecular weight is 299 g/mol. The van der Waals surface area contributed by atoms with Gasteiger partial charge in [0.1, 0.15) is 5.78 Å². The number of carbonyl (C=O) groups excluding carboxylic acids is 1. The van der Waals surface area contributed by atoms with Crippen molar-refractivity contribution >= 4 is 17.9 Å². The number of nitrogens with one attached hydrogen (secondary N) is 1. The molecule has 1 heterocycles. The van der Waals surface area contributed by atoms with Gasteiger partial charge in [-0.2, -0.15) is 0 Å². The van der Waals surface area contributed by atoms with Crippen LogP contribution in [-0.2, 0) is 4.79 Å². The van der Waals surface area contributed by atoms with Crippen molar-refractivity contribution in [3.63, 3.8) is 0 Å². The minimum atomic E-state index is 0.259. The molecular weight excluding hydrogens is 270 g/mol. The number of ketones is 1. The fraction of sp³-hybridized carbons (Fsp3) is 0.550. The van der Waals surface area contributed by atoms with Crippen molar-refractivity contribution in [3.05, 3.63) is 35.0 Å². The summed E-state index contributed by atoms with van der Waals surface area (Å²) < 4.78 is 0. The Morgan fingerprint density at radius 2 is 2.23 bits per heavy atom. The van der Waals surface area contributed by atoms with Gasteiger partial charge in [0.2, 0.25) is 0 Å². The van der Waals surface area contributed by atoms with Gasteiger partial charge >= 0.3 is 0 Å².